The first-order chi connectivity index (χ1) is 5.77. The zero-order chi connectivity index (χ0) is 8.55. The van der Waals surface area contributed by atoms with Crippen LogP contribution >= 0.6 is 0 Å². The van der Waals surface area contributed by atoms with E-state index < -0.39 is 0 Å². The Labute approximate surface area is 72.6 Å². The number of carbonyl (C=O) groups excluding carboxylic acids is 1. The Morgan fingerprint density at radius 1 is 1.33 bits per heavy atom. The van der Waals surface area contributed by atoms with E-state index in [1.54, 1.807) is 0 Å². The van der Waals surface area contributed by atoms with Crippen LogP contribution in [-0.2, 0) is 9.53 Å². The zero-order valence-electron chi connectivity index (χ0n) is 7.43. The van der Waals surface area contributed by atoms with Crippen LogP contribution in [-0.4, -0.2) is 11.9 Å². The second kappa shape index (κ2) is 2.92. The summed E-state index contributed by atoms with van der Waals surface area (Å²) in [6.45, 7) is 2.06. The quantitative estimate of drug-likeness (QED) is 0.516. The molecule has 0 radical (unpaired) electrons. The lowest BCUT2D eigenvalue weighted by Gasteiger charge is -2.05. The van der Waals surface area contributed by atoms with Crippen LogP contribution in [0.3, 0.4) is 0 Å². The van der Waals surface area contributed by atoms with Gasteiger partial charge in [0.15, 0.2) is 5.78 Å². The monoisotopic (exact) mass is 166 g/mol. The average Bonchev–Trinajstić information content (AvgIpc) is 2.58. The lowest BCUT2D eigenvalue weighted by molar-refractivity contribution is -0.114. The van der Waals surface area contributed by atoms with Gasteiger partial charge in [-0.15, -0.1) is 0 Å². The summed E-state index contributed by atoms with van der Waals surface area (Å²) in [6.07, 6.45) is 5.07. The highest BCUT2D eigenvalue weighted by atomic mass is 16.5. The number of hydrogen-bond donors (Lipinski definition) is 0. The lowest BCUT2D eigenvalue weighted by atomic mass is 10.1. The molecule has 1 saturated carbocycles. The summed E-state index contributed by atoms with van der Waals surface area (Å²) >= 11 is 0. The smallest absolute Gasteiger partial charge is 0.162 e. The van der Waals surface area contributed by atoms with E-state index in [-0.39, 0.29) is 0 Å². The van der Waals surface area contributed by atoms with Crippen molar-refractivity contribution < 1.29 is 9.53 Å². The number of carbonyl (C=O) groups is 1. The Balaban J connectivity index is 2.19. The maximum absolute atomic E-state index is 11.3. The van der Waals surface area contributed by atoms with E-state index in [1.165, 1.54) is 0 Å². The molecule has 2 aliphatic rings. The summed E-state index contributed by atoms with van der Waals surface area (Å²) in [6, 6.07) is 0. The highest BCUT2D eigenvalue weighted by Gasteiger charge is 2.26. The third-order valence-corrected chi connectivity index (χ3v) is 2.63. The molecule has 12 heavy (non-hydrogen) atoms. The van der Waals surface area contributed by atoms with Gasteiger partial charge in [0.1, 0.15) is 5.76 Å². The molecule has 0 bridgehead atoms. The van der Waals surface area contributed by atoms with E-state index >= 15 is 0 Å². The molecular weight excluding hydrogens is 152 g/mol. The molecule has 2 heteroatoms. The molecule has 0 aromatic rings. The van der Waals surface area contributed by atoms with Crippen molar-refractivity contribution in [1.82, 2.24) is 0 Å². The Bertz CT molecular complexity index is 240. The maximum atomic E-state index is 11.3. The third kappa shape index (κ3) is 1.26. The van der Waals surface area contributed by atoms with Gasteiger partial charge in [0.2, 0.25) is 0 Å². The molecule has 1 aliphatic carbocycles. The highest BCUT2D eigenvalue weighted by molar-refractivity contribution is 5.97. The normalized spacial score (nSPS) is 35.8. The second-order valence-corrected chi connectivity index (χ2v) is 3.65. The zero-order valence-corrected chi connectivity index (χ0v) is 7.43. The summed E-state index contributed by atoms with van der Waals surface area (Å²) in [5.74, 6) is 1.31. The SMILES string of the molecule is CC1CC/C(=C2\CCCC2=O)O1. The van der Waals surface area contributed by atoms with Crippen molar-refractivity contribution in [1.29, 1.82) is 0 Å². The van der Waals surface area contributed by atoms with E-state index in [0.29, 0.717) is 11.9 Å². The van der Waals surface area contributed by atoms with Crippen molar-refractivity contribution in [2.45, 2.75) is 45.1 Å². The van der Waals surface area contributed by atoms with E-state index in [2.05, 4.69) is 6.92 Å². The van der Waals surface area contributed by atoms with Crippen molar-refractivity contribution >= 4 is 5.78 Å². The fourth-order valence-corrected chi connectivity index (χ4v) is 1.93. The molecule has 1 atom stereocenters. The summed E-state index contributed by atoms with van der Waals surface area (Å²) < 4.78 is 5.57. The molecule has 2 rings (SSSR count). The largest absolute Gasteiger partial charge is 0.495 e. The topological polar surface area (TPSA) is 26.3 Å². The van der Waals surface area contributed by atoms with Gasteiger partial charge in [-0.3, -0.25) is 4.79 Å². The van der Waals surface area contributed by atoms with Gasteiger partial charge in [0.25, 0.3) is 0 Å². The van der Waals surface area contributed by atoms with Gasteiger partial charge < -0.3 is 4.74 Å². The van der Waals surface area contributed by atoms with Crippen LogP contribution in [0.25, 0.3) is 0 Å². The molecule has 0 N–H and O–H groups in total. The van der Waals surface area contributed by atoms with Crippen molar-refractivity contribution in [2.75, 3.05) is 0 Å². The van der Waals surface area contributed by atoms with Gasteiger partial charge in [-0.1, -0.05) is 0 Å². The Hall–Kier alpha value is -0.790. The minimum Gasteiger partial charge on any atom is -0.495 e. The van der Waals surface area contributed by atoms with E-state index in [1.807, 2.05) is 0 Å². The van der Waals surface area contributed by atoms with Crippen molar-refractivity contribution in [3.05, 3.63) is 11.3 Å². The number of ether oxygens (including phenoxy) is 1. The molecule has 1 aliphatic heterocycles. The van der Waals surface area contributed by atoms with Crippen molar-refractivity contribution in [3.8, 4) is 0 Å². The number of Topliss-reactive ketones (excluding diaryl/α,β-unsaturated/α-hetero) is 1. The van der Waals surface area contributed by atoms with Crippen LogP contribution < -0.4 is 0 Å². The Kier molecular flexibility index (Phi) is 1.91. The molecule has 0 aromatic heterocycles. The first kappa shape index (κ1) is 7.84. The summed E-state index contributed by atoms with van der Waals surface area (Å²) in [5.41, 5.74) is 0.986. The number of ketones is 1. The predicted molar refractivity (Wildman–Crippen MR) is 45.7 cm³/mol. The molecule has 0 amide bonds. The van der Waals surface area contributed by atoms with E-state index in [4.69, 9.17) is 4.74 Å². The molecular formula is C10H14O2. The van der Waals surface area contributed by atoms with Crippen LogP contribution in [0.2, 0.25) is 0 Å². The summed E-state index contributed by atoms with van der Waals surface area (Å²) in [4.78, 5) is 11.3. The molecule has 1 saturated heterocycles. The van der Waals surface area contributed by atoms with Crippen molar-refractivity contribution in [2.24, 2.45) is 0 Å². The standard InChI is InChI=1S/C10H14O2/c1-7-5-6-10(12-7)8-3-2-4-9(8)11/h7H,2-6H2,1H3/b10-8-. The number of hydrogen-bond acceptors (Lipinski definition) is 2. The van der Waals surface area contributed by atoms with Gasteiger partial charge in [-0.25, -0.2) is 0 Å². The van der Waals surface area contributed by atoms with Crippen LogP contribution in [0.4, 0.5) is 0 Å². The second-order valence-electron chi connectivity index (χ2n) is 3.65. The van der Waals surface area contributed by atoms with Gasteiger partial charge in [-0.2, -0.15) is 0 Å². The first-order valence-electron chi connectivity index (χ1n) is 4.69. The molecule has 0 spiro atoms. The number of allylic oxidation sites excluding steroid dienone is 2. The molecule has 2 nitrogen and oxygen atoms in total. The van der Waals surface area contributed by atoms with E-state index in [0.717, 1.165) is 43.4 Å². The van der Waals surface area contributed by atoms with Crippen molar-refractivity contribution in [3.63, 3.8) is 0 Å². The Morgan fingerprint density at radius 2 is 2.17 bits per heavy atom. The predicted octanol–water partition coefficient (Wildman–Crippen LogP) is 2.19. The minimum atomic E-state index is 0.319. The number of rotatable bonds is 0. The fraction of sp³-hybridized carbons (Fsp3) is 0.700. The minimum absolute atomic E-state index is 0.319. The van der Waals surface area contributed by atoms with Gasteiger partial charge in [0, 0.05) is 18.4 Å². The summed E-state index contributed by atoms with van der Waals surface area (Å²) in [5, 5.41) is 0. The van der Waals surface area contributed by atoms with E-state index in [9.17, 15) is 4.79 Å². The Morgan fingerprint density at radius 3 is 2.67 bits per heavy atom. The molecule has 0 aromatic carbocycles. The highest BCUT2D eigenvalue weighted by Crippen LogP contribution is 2.32. The lowest BCUT2D eigenvalue weighted by Crippen LogP contribution is -1.99. The van der Waals surface area contributed by atoms with Crippen LogP contribution in [0.1, 0.15) is 39.0 Å². The fourth-order valence-electron chi connectivity index (χ4n) is 1.93. The van der Waals surface area contributed by atoms with Crippen LogP contribution in [0, 0.1) is 0 Å². The van der Waals surface area contributed by atoms with Gasteiger partial charge >= 0.3 is 0 Å². The van der Waals surface area contributed by atoms with Crippen LogP contribution in [0.5, 0.6) is 0 Å². The van der Waals surface area contributed by atoms with Gasteiger partial charge in [-0.05, 0) is 26.2 Å². The molecule has 66 valence electrons. The van der Waals surface area contributed by atoms with Gasteiger partial charge in [0.05, 0.1) is 6.10 Å². The third-order valence-electron chi connectivity index (χ3n) is 2.63. The molecule has 2 fully saturated rings. The first-order valence-corrected chi connectivity index (χ1v) is 4.69. The average molecular weight is 166 g/mol. The summed E-state index contributed by atoms with van der Waals surface area (Å²) in [7, 11) is 0. The molecule has 1 unspecified atom stereocenters. The molecule has 1 heterocycles. The maximum Gasteiger partial charge on any atom is 0.162 e. The van der Waals surface area contributed by atoms with Crippen LogP contribution in [0.15, 0.2) is 11.3 Å².